The summed E-state index contributed by atoms with van der Waals surface area (Å²) in [4.78, 5) is 26.3. The minimum Gasteiger partial charge on any atom is -0.475 e. The molecule has 3 N–H and O–H groups in total. The Bertz CT molecular complexity index is 1240. The van der Waals surface area contributed by atoms with Crippen molar-refractivity contribution in [3.05, 3.63) is 70.4 Å². The van der Waals surface area contributed by atoms with Crippen LogP contribution in [-0.2, 0) is 29.3 Å². The number of nitrogens with zero attached hydrogens (tertiary/aromatic N) is 3. The van der Waals surface area contributed by atoms with E-state index in [1.807, 2.05) is 17.0 Å². The number of nitrogens with one attached hydrogen (secondary N) is 1. The van der Waals surface area contributed by atoms with Crippen LogP contribution >= 0.6 is 11.6 Å². The van der Waals surface area contributed by atoms with E-state index in [1.54, 1.807) is 24.4 Å². The quantitative estimate of drug-likeness (QED) is 0.390. The molecule has 4 rings (SSSR count). The molecular weight excluding hydrogens is 557 g/mol. The molecule has 0 saturated heterocycles. The molecule has 0 amide bonds. The summed E-state index contributed by atoms with van der Waals surface area (Å²) in [6.45, 7) is 1.78. The Balaban J connectivity index is 0.000000301. The summed E-state index contributed by atoms with van der Waals surface area (Å²) in [7, 11) is 0. The molecule has 2 aromatic heterocycles. The molecular formula is C21H16ClF7N4O5. The zero-order valence-electron chi connectivity index (χ0n) is 18.6. The molecule has 0 aliphatic carbocycles. The van der Waals surface area contributed by atoms with E-state index in [1.165, 1.54) is 17.2 Å². The van der Waals surface area contributed by atoms with Crippen LogP contribution in [0.3, 0.4) is 0 Å². The van der Waals surface area contributed by atoms with Gasteiger partial charge in [0.25, 0.3) is 0 Å². The van der Waals surface area contributed by atoms with E-state index in [4.69, 9.17) is 36.1 Å². The highest BCUT2D eigenvalue weighted by Gasteiger charge is 2.38. The largest absolute Gasteiger partial charge is 0.490 e. The van der Waals surface area contributed by atoms with Gasteiger partial charge in [-0.25, -0.2) is 19.0 Å². The number of carboxylic acids is 2. The minimum atomic E-state index is -5.08. The van der Waals surface area contributed by atoms with Gasteiger partial charge in [0.2, 0.25) is 0 Å². The average Bonchev–Trinajstić information content (AvgIpc) is 3.41. The molecule has 0 radical (unpaired) electrons. The number of fused-ring (bicyclic) bond motifs is 1. The SMILES string of the molecule is Fc1cc(Cl)ccc1COc1nccc(-n2cc3c(c2)CNC3)n1.O=C(O)C(F)(F)F.O=C(O)C(F)(F)F. The third-order valence-corrected chi connectivity index (χ3v) is 4.61. The molecule has 1 aromatic carbocycles. The summed E-state index contributed by atoms with van der Waals surface area (Å²) in [6, 6.07) is 6.47. The zero-order valence-corrected chi connectivity index (χ0v) is 19.4. The molecule has 1 aliphatic heterocycles. The fourth-order valence-electron chi connectivity index (χ4n) is 2.65. The van der Waals surface area contributed by atoms with Gasteiger partial charge in [-0.1, -0.05) is 17.7 Å². The van der Waals surface area contributed by atoms with E-state index in [2.05, 4.69) is 15.3 Å². The van der Waals surface area contributed by atoms with Crippen molar-refractivity contribution in [1.82, 2.24) is 19.9 Å². The molecule has 206 valence electrons. The van der Waals surface area contributed by atoms with Crippen LogP contribution in [0, 0.1) is 5.82 Å². The van der Waals surface area contributed by atoms with Crippen molar-refractivity contribution < 1.29 is 55.3 Å². The first kappa shape index (κ1) is 30.3. The Morgan fingerprint density at radius 3 is 2.00 bits per heavy atom. The van der Waals surface area contributed by atoms with Crippen LogP contribution in [0.4, 0.5) is 30.7 Å². The van der Waals surface area contributed by atoms with Crippen LogP contribution < -0.4 is 10.1 Å². The Kier molecular flexibility index (Phi) is 10.0. The normalized spacial score (nSPS) is 12.4. The lowest BCUT2D eigenvalue weighted by Crippen LogP contribution is -2.21. The number of carbonyl (C=O) groups is 2. The second kappa shape index (κ2) is 12.6. The molecule has 0 unspecified atom stereocenters. The maximum absolute atomic E-state index is 13.8. The van der Waals surface area contributed by atoms with Crippen LogP contribution in [0.15, 0.2) is 42.9 Å². The number of halogens is 8. The van der Waals surface area contributed by atoms with Gasteiger partial charge in [0.05, 0.1) is 0 Å². The number of aromatic nitrogens is 3. The summed E-state index contributed by atoms with van der Waals surface area (Å²) in [6.07, 6.45) is -4.46. The van der Waals surface area contributed by atoms with Gasteiger partial charge in [-0.3, -0.25) is 0 Å². The first-order chi connectivity index (χ1) is 17.6. The number of aliphatic carboxylic acids is 2. The monoisotopic (exact) mass is 572 g/mol. The van der Waals surface area contributed by atoms with Gasteiger partial charge < -0.3 is 24.8 Å². The van der Waals surface area contributed by atoms with Gasteiger partial charge in [0.1, 0.15) is 18.2 Å². The molecule has 3 heterocycles. The highest BCUT2D eigenvalue weighted by atomic mass is 35.5. The molecule has 1 aliphatic rings. The Hall–Kier alpha value is -3.92. The van der Waals surface area contributed by atoms with Crippen molar-refractivity contribution in [2.75, 3.05) is 0 Å². The predicted molar refractivity (Wildman–Crippen MR) is 115 cm³/mol. The molecule has 0 fully saturated rings. The van der Waals surface area contributed by atoms with Crippen LogP contribution in [-0.4, -0.2) is 49.0 Å². The zero-order chi connectivity index (χ0) is 28.7. The molecule has 0 atom stereocenters. The second-order valence-corrected chi connectivity index (χ2v) is 7.58. The average molecular weight is 573 g/mol. The summed E-state index contributed by atoms with van der Waals surface area (Å²) in [5, 5.41) is 17.9. The first-order valence-electron chi connectivity index (χ1n) is 9.98. The number of hydrogen-bond donors (Lipinski definition) is 3. The lowest BCUT2D eigenvalue weighted by molar-refractivity contribution is -0.193. The Morgan fingerprint density at radius 2 is 1.53 bits per heavy atom. The van der Waals surface area contributed by atoms with Crippen molar-refractivity contribution >= 4 is 23.5 Å². The van der Waals surface area contributed by atoms with Gasteiger partial charge >= 0.3 is 30.3 Å². The minimum absolute atomic E-state index is 0.0402. The fourth-order valence-corrected chi connectivity index (χ4v) is 2.81. The number of alkyl halides is 6. The van der Waals surface area contributed by atoms with E-state index in [-0.39, 0.29) is 12.6 Å². The summed E-state index contributed by atoms with van der Waals surface area (Å²) in [5.74, 6) is -5.21. The number of hydrogen-bond acceptors (Lipinski definition) is 6. The highest BCUT2D eigenvalue weighted by Crippen LogP contribution is 2.20. The standard InChI is InChI=1S/C17H14ClFN4O.2C2HF3O2/c18-14-2-1-11(15(19)5-14)10-24-17-21-4-3-16(22-17)23-8-12-6-20-7-13(12)9-23;2*3-2(4,5)1(6)7/h1-5,8-9,20H,6-7,10H2;2*(H,6,7). The topological polar surface area (TPSA) is 127 Å². The predicted octanol–water partition coefficient (Wildman–Crippen LogP) is 4.51. The first-order valence-corrected chi connectivity index (χ1v) is 10.4. The van der Waals surface area contributed by atoms with E-state index >= 15 is 0 Å². The lowest BCUT2D eigenvalue weighted by atomic mass is 10.2. The van der Waals surface area contributed by atoms with Crippen LogP contribution in [0.5, 0.6) is 6.01 Å². The van der Waals surface area contributed by atoms with Crippen molar-refractivity contribution in [3.8, 4) is 11.8 Å². The summed E-state index contributed by atoms with van der Waals surface area (Å²) >= 11 is 5.74. The van der Waals surface area contributed by atoms with Gasteiger partial charge in [-0.15, -0.1) is 0 Å². The second-order valence-electron chi connectivity index (χ2n) is 7.15. The number of benzene rings is 1. The van der Waals surface area contributed by atoms with E-state index in [0.29, 0.717) is 16.4 Å². The van der Waals surface area contributed by atoms with Crippen LogP contribution in [0.2, 0.25) is 5.02 Å². The Morgan fingerprint density at radius 1 is 1.00 bits per heavy atom. The van der Waals surface area contributed by atoms with E-state index in [0.717, 1.165) is 13.1 Å². The van der Waals surface area contributed by atoms with E-state index < -0.39 is 30.1 Å². The van der Waals surface area contributed by atoms with Gasteiger partial charge in [0.15, 0.2) is 0 Å². The molecule has 3 aromatic rings. The lowest BCUT2D eigenvalue weighted by Gasteiger charge is -2.08. The number of ether oxygens (including phenoxy) is 1. The smallest absolute Gasteiger partial charge is 0.475 e. The maximum Gasteiger partial charge on any atom is 0.490 e. The van der Waals surface area contributed by atoms with E-state index in [9.17, 15) is 30.7 Å². The van der Waals surface area contributed by atoms with Gasteiger partial charge in [0, 0.05) is 48.3 Å². The van der Waals surface area contributed by atoms with Crippen molar-refractivity contribution in [3.63, 3.8) is 0 Å². The number of carboxylic acid groups (broad SMARTS) is 2. The molecule has 9 nitrogen and oxygen atoms in total. The molecule has 17 heteroatoms. The summed E-state index contributed by atoms with van der Waals surface area (Å²) < 4.78 is 84.7. The van der Waals surface area contributed by atoms with Gasteiger partial charge in [-0.2, -0.15) is 31.3 Å². The van der Waals surface area contributed by atoms with Crippen LogP contribution in [0.25, 0.3) is 5.82 Å². The third-order valence-electron chi connectivity index (χ3n) is 4.37. The van der Waals surface area contributed by atoms with Gasteiger partial charge in [-0.05, 0) is 23.3 Å². The van der Waals surface area contributed by atoms with Crippen molar-refractivity contribution in [1.29, 1.82) is 0 Å². The molecule has 38 heavy (non-hydrogen) atoms. The Labute approximate surface area is 213 Å². The molecule has 0 saturated carbocycles. The van der Waals surface area contributed by atoms with Crippen molar-refractivity contribution in [2.45, 2.75) is 32.0 Å². The molecule has 0 spiro atoms. The van der Waals surface area contributed by atoms with Crippen molar-refractivity contribution in [2.24, 2.45) is 0 Å². The highest BCUT2D eigenvalue weighted by molar-refractivity contribution is 6.30. The number of rotatable bonds is 4. The fraction of sp³-hybridized carbons (Fsp3) is 0.238. The van der Waals surface area contributed by atoms with Crippen LogP contribution in [0.1, 0.15) is 16.7 Å². The molecule has 0 bridgehead atoms. The third kappa shape index (κ3) is 9.19. The summed E-state index contributed by atoms with van der Waals surface area (Å²) in [5.41, 5.74) is 2.93. The maximum atomic E-state index is 13.8.